The van der Waals surface area contributed by atoms with Gasteiger partial charge in [0.25, 0.3) is 5.91 Å². The zero-order valence-electron chi connectivity index (χ0n) is 13.4. The molecule has 2 N–H and O–H groups in total. The molecule has 0 saturated carbocycles. The van der Waals surface area contributed by atoms with E-state index in [-0.39, 0.29) is 5.91 Å². The van der Waals surface area contributed by atoms with E-state index in [0.717, 1.165) is 18.3 Å². The number of hydrogen-bond donors (Lipinski definition) is 2. The van der Waals surface area contributed by atoms with Gasteiger partial charge in [0.2, 0.25) is 0 Å². The summed E-state index contributed by atoms with van der Waals surface area (Å²) >= 11 is 14.0. The average Bonchev–Trinajstić information content (AvgIpc) is 3.21. The van der Waals surface area contributed by atoms with E-state index in [4.69, 9.17) is 27.7 Å². The van der Waals surface area contributed by atoms with Gasteiger partial charge >= 0.3 is 0 Å². The number of amides is 1. The van der Waals surface area contributed by atoms with Crippen molar-refractivity contribution in [3.05, 3.63) is 39.6 Å². The number of nitrogens with one attached hydrogen (secondary N) is 2. The van der Waals surface area contributed by atoms with Crippen molar-refractivity contribution in [2.45, 2.75) is 6.92 Å². The summed E-state index contributed by atoms with van der Waals surface area (Å²) in [5, 5.41) is 11.8. The summed E-state index contributed by atoms with van der Waals surface area (Å²) in [4.78, 5) is 16.9. The molecule has 2 heterocycles. The summed E-state index contributed by atoms with van der Waals surface area (Å²) in [6.45, 7) is 3.85. The molecule has 1 aliphatic heterocycles. The third-order valence-electron chi connectivity index (χ3n) is 3.56. The first kappa shape index (κ1) is 18.1. The van der Waals surface area contributed by atoms with Crippen LogP contribution in [0.5, 0.6) is 0 Å². The molecule has 0 spiro atoms. The second kappa shape index (κ2) is 8.12. The summed E-state index contributed by atoms with van der Waals surface area (Å²) in [6, 6.07) is 5.12. The molecular weight excluding hydrogens is 383 g/mol. The Morgan fingerprint density at radius 2 is 2.16 bits per heavy atom. The van der Waals surface area contributed by atoms with Gasteiger partial charge in [-0.3, -0.25) is 9.79 Å². The second-order valence-corrected chi connectivity index (χ2v) is 7.18. The monoisotopic (exact) mass is 398 g/mol. The SMILES string of the molecule is Cc1onc(-c2c(Cl)cccc2Cl)c1C(=O)NCCSC1=NCCN1. The average molecular weight is 399 g/mol. The molecule has 1 amide bonds. The first-order valence-electron chi connectivity index (χ1n) is 7.68. The van der Waals surface area contributed by atoms with E-state index < -0.39 is 0 Å². The highest BCUT2D eigenvalue weighted by molar-refractivity contribution is 8.13. The maximum Gasteiger partial charge on any atom is 0.257 e. The van der Waals surface area contributed by atoms with Gasteiger partial charge in [0.15, 0.2) is 5.17 Å². The van der Waals surface area contributed by atoms with E-state index in [0.29, 0.717) is 44.9 Å². The van der Waals surface area contributed by atoms with Gasteiger partial charge in [-0.2, -0.15) is 0 Å². The predicted molar refractivity (Wildman–Crippen MR) is 102 cm³/mol. The topological polar surface area (TPSA) is 79.5 Å². The number of rotatable bonds is 5. The minimum absolute atomic E-state index is 0.272. The molecule has 1 aromatic heterocycles. The van der Waals surface area contributed by atoms with E-state index in [9.17, 15) is 4.79 Å². The van der Waals surface area contributed by atoms with Crippen LogP contribution in [0.2, 0.25) is 10.0 Å². The van der Waals surface area contributed by atoms with E-state index in [1.807, 2.05) is 0 Å². The zero-order valence-corrected chi connectivity index (χ0v) is 15.8. The summed E-state index contributed by atoms with van der Waals surface area (Å²) in [6.07, 6.45) is 0. The number of hydrogen-bond acceptors (Lipinski definition) is 6. The molecule has 0 bridgehead atoms. The van der Waals surface area contributed by atoms with Gasteiger partial charge in [-0.1, -0.05) is 46.2 Å². The number of amidine groups is 1. The maximum atomic E-state index is 12.6. The Bertz CT molecular complexity index is 802. The minimum Gasteiger partial charge on any atom is -0.363 e. The lowest BCUT2D eigenvalue weighted by atomic mass is 10.1. The van der Waals surface area contributed by atoms with Crippen molar-refractivity contribution in [2.75, 3.05) is 25.4 Å². The van der Waals surface area contributed by atoms with Crippen LogP contribution in [0.25, 0.3) is 11.3 Å². The largest absolute Gasteiger partial charge is 0.363 e. The smallest absolute Gasteiger partial charge is 0.257 e. The molecular formula is C16H16Cl2N4O2S. The van der Waals surface area contributed by atoms with Gasteiger partial charge in [0.05, 0.1) is 16.6 Å². The van der Waals surface area contributed by atoms with Gasteiger partial charge in [0, 0.05) is 24.4 Å². The third-order valence-corrected chi connectivity index (χ3v) is 5.14. The van der Waals surface area contributed by atoms with Crippen molar-refractivity contribution in [1.82, 2.24) is 15.8 Å². The number of thioether (sulfide) groups is 1. The van der Waals surface area contributed by atoms with Gasteiger partial charge in [-0.15, -0.1) is 0 Å². The molecule has 25 heavy (non-hydrogen) atoms. The number of halogens is 2. The first-order valence-corrected chi connectivity index (χ1v) is 9.42. The van der Waals surface area contributed by atoms with Crippen LogP contribution in [-0.2, 0) is 0 Å². The van der Waals surface area contributed by atoms with Gasteiger partial charge in [-0.25, -0.2) is 0 Å². The van der Waals surface area contributed by atoms with Crippen LogP contribution in [0.1, 0.15) is 16.1 Å². The van der Waals surface area contributed by atoms with Crippen LogP contribution >= 0.6 is 35.0 Å². The van der Waals surface area contributed by atoms with Crippen molar-refractivity contribution in [1.29, 1.82) is 0 Å². The van der Waals surface area contributed by atoms with Crippen molar-refractivity contribution >= 4 is 46.0 Å². The number of carbonyl (C=O) groups is 1. The summed E-state index contributed by atoms with van der Waals surface area (Å²) in [5.74, 6) is 0.856. The highest BCUT2D eigenvalue weighted by Crippen LogP contribution is 2.36. The van der Waals surface area contributed by atoms with Gasteiger partial charge in [0.1, 0.15) is 17.0 Å². The highest BCUT2D eigenvalue weighted by Gasteiger charge is 2.24. The van der Waals surface area contributed by atoms with Crippen LogP contribution in [0.3, 0.4) is 0 Å². The number of carbonyl (C=O) groups excluding carboxylic acids is 1. The fraction of sp³-hybridized carbons (Fsp3) is 0.312. The maximum absolute atomic E-state index is 12.6. The molecule has 6 nitrogen and oxygen atoms in total. The molecule has 0 saturated heterocycles. The number of nitrogens with zero attached hydrogens (tertiary/aromatic N) is 2. The van der Waals surface area contributed by atoms with E-state index in [1.165, 1.54) is 0 Å². The summed E-state index contributed by atoms with van der Waals surface area (Å²) < 4.78 is 5.21. The molecule has 0 radical (unpaired) electrons. The lowest BCUT2D eigenvalue weighted by molar-refractivity contribution is 0.0955. The molecule has 0 atom stereocenters. The van der Waals surface area contributed by atoms with Crippen molar-refractivity contribution in [3.63, 3.8) is 0 Å². The van der Waals surface area contributed by atoms with Crippen molar-refractivity contribution < 1.29 is 9.32 Å². The molecule has 1 aliphatic rings. The Morgan fingerprint density at radius 3 is 2.84 bits per heavy atom. The number of aromatic nitrogens is 1. The fourth-order valence-corrected chi connectivity index (χ4v) is 3.77. The third kappa shape index (κ3) is 4.11. The molecule has 9 heteroatoms. The molecule has 0 unspecified atom stereocenters. The molecule has 3 rings (SSSR count). The standard InChI is InChI=1S/C16H16Cl2N4O2S/c1-9-12(15(23)19-7-8-25-16-20-5-6-21-16)14(22-24-9)13-10(17)3-2-4-11(13)18/h2-4H,5-8H2,1H3,(H,19,23)(H,20,21). The van der Waals surface area contributed by atoms with Crippen molar-refractivity contribution in [3.8, 4) is 11.3 Å². The van der Waals surface area contributed by atoms with E-state index >= 15 is 0 Å². The molecule has 1 aromatic carbocycles. The zero-order chi connectivity index (χ0) is 17.8. The number of aliphatic imine (C=N–C) groups is 1. The fourth-order valence-electron chi connectivity index (χ4n) is 2.41. The highest BCUT2D eigenvalue weighted by atomic mass is 35.5. The lowest BCUT2D eigenvalue weighted by Gasteiger charge is -2.08. The molecule has 0 fully saturated rings. The Morgan fingerprint density at radius 1 is 1.40 bits per heavy atom. The second-order valence-electron chi connectivity index (χ2n) is 5.28. The van der Waals surface area contributed by atoms with Gasteiger partial charge in [-0.05, 0) is 19.1 Å². The Kier molecular flexibility index (Phi) is 5.88. The Hall–Kier alpha value is -1.70. The number of benzene rings is 1. The summed E-state index contributed by atoms with van der Waals surface area (Å²) in [7, 11) is 0. The van der Waals surface area contributed by atoms with Gasteiger partial charge < -0.3 is 15.2 Å². The first-order chi connectivity index (χ1) is 12.1. The van der Waals surface area contributed by atoms with Crippen LogP contribution in [0.4, 0.5) is 0 Å². The van der Waals surface area contributed by atoms with E-state index in [1.54, 1.807) is 36.9 Å². The Labute approximate surface area is 159 Å². The molecule has 2 aromatic rings. The minimum atomic E-state index is -0.272. The van der Waals surface area contributed by atoms with E-state index in [2.05, 4.69) is 20.8 Å². The molecule has 0 aliphatic carbocycles. The number of aryl methyl sites for hydroxylation is 1. The predicted octanol–water partition coefficient (Wildman–Crippen LogP) is 3.38. The van der Waals surface area contributed by atoms with Crippen LogP contribution in [-0.4, -0.2) is 41.6 Å². The lowest BCUT2D eigenvalue weighted by Crippen LogP contribution is -2.27. The quantitative estimate of drug-likeness (QED) is 0.754. The Balaban J connectivity index is 1.71. The normalized spacial score (nSPS) is 13.5. The van der Waals surface area contributed by atoms with Crippen LogP contribution in [0.15, 0.2) is 27.7 Å². The van der Waals surface area contributed by atoms with Crippen molar-refractivity contribution in [2.24, 2.45) is 4.99 Å². The van der Waals surface area contributed by atoms with Crippen LogP contribution < -0.4 is 10.6 Å². The summed E-state index contributed by atoms with van der Waals surface area (Å²) in [5.41, 5.74) is 1.18. The van der Waals surface area contributed by atoms with Crippen LogP contribution in [0, 0.1) is 6.92 Å². The molecule has 132 valence electrons.